The molecule has 4 heteroatoms. The second kappa shape index (κ2) is 5.80. The van der Waals surface area contributed by atoms with Gasteiger partial charge in [0.2, 0.25) is 6.41 Å². The Kier molecular flexibility index (Phi) is 4.12. The lowest BCUT2D eigenvalue weighted by atomic mass is 10.1. The zero-order valence-corrected chi connectivity index (χ0v) is 10.2. The molecule has 1 saturated heterocycles. The van der Waals surface area contributed by atoms with Crippen molar-refractivity contribution < 1.29 is 4.79 Å². The number of nitrogens with zero attached hydrogens (tertiary/aromatic N) is 1. The third-order valence-corrected chi connectivity index (χ3v) is 3.13. The molecule has 0 aromatic heterocycles. The van der Waals surface area contributed by atoms with Crippen LogP contribution in [-0.2, 0) is 11.3 Å². The molecule has 17 heavy (non-hydrogen) atoms. The summed E-state index contributed by atoms with van der Waals surface area (Å²) in [4.78, 5) is 12.9. The van der Waals surface area contributed by atoms with E-state index in [-0.39, 0.29) is 0 Å². The van der Waals surface area contributed by atoms with Crippen LogP contribution >= 0.6 is 0 Å². The largest absolute Gasteiger partial charge is 0.328 e. The number of hydrogen-bond acceptors (Lipinski definition) is 3. The van der Waals surface area contributed by atoms with Crippen molar-refractivity contribution >= 4 is 12.1 Å². The van der Waals surface area contributed by atoms with Crippen LogP contribution in [-0.4, -0.2) is 37.5 Å². The third-order valence-electron chi connectivity index (χ3n) is 3.13. The minimum absolute atomic E-state index is 0.733. The molecule has 2 rings (SSSR count). The molecule has 1 fully saturated rings. The lowest BCUT2D eigenvalue weighted by Gasteiger charge is -2.27. The van der Waals surface area contributed by atoms with Gasteiger partial charge in [0, 0.05) is 38.4 Å². The molecule has 4 nitrogen and oxygen atoms in total. The van der Waals surface area contributed by atoms with Crippen LogP contribution in [0.1, 0.15) is 11.1 Å². The second-order valence-corrected chi connectivity index (χ2v) is 4.44. The number of piperazine rings is 1. The number of benzene rings is 1. The minimum atomic E-state index is 0.733. The van der Waals surface area contributed by atoms with Gasteiger partial charge in [0.15, 0.2) is 0 Å². The fourth-order valence-electron chi connectivity index (χ4n) is 2.11. The summed E-state index contributed by atoms with van der Waals surface area (Å²) < 4.78 is 0. The maximum absolute atomic E-state index is 10.5. The van der Waals surface area contributed by atoms with E-state index in [2.05, 4.69) is 33.7 Å². The monoisotopic (exact) mass is 233 g/mol. The lowest BCUT2D eigenvalue weighted by molar-refractivity contribution is -0.105. The SMILES string of the molecule is Cc1ccc(CN2CCNCC2)cc1NC=O. The predicted octanol–water partition coefficient (Wildman–Crippen LogP) is 0.969. The van der Waals surface area contributed by atoms with Gasteiger partial charge in [-0.1, -0.05) is 12.1 Å². The Bertz CT molecular complexity index is 386. The van der Waals surface area contributed by atoms with Crippen LogP contribution in [0.2, 0.25) is 0 Å². The minimum Gasteiger partial charge on any atom is -0.328 e. The molecule has 0 atom stereocenters. The third kappa shape index (κ3) is 3.28. The molecule has 0 spiro atoms. The number of hydrogen-bond donors (Lipinski definition) is 2. The Morgan fingerprint density at radius 3 is 2.88 bits per heavy atom. The highest BCUT2D eigenvalue weighted by Gasteiger charge is 2.10. The second-order valence-electron chi connectivity index (χ2n) is 4.44. The predicted molar refractivity (Wildman–Crippen MR) is 69.0 cm³/mol. The van der Waals surface area contributed by atoms with Gasteiger partial charge in [0.05, 0.1) is 0 Å². The zero-order valence-electron chi connectivity index (χ0n) is 10.2. The van der Waals surface area contributed by atoms with Gasteiger partial charge in [-0.3, -0.25) is 9.69 Å². The number of nitrogens with one attached hydrogen (secondary N) is 2. The fourth-order valence-corrected chi connectivity index (χ4v) is 2.11. The van der Waals surface area contributed by atoms with Gasteiger partial charge in [-0.15, -0.1) is 0 Å². The van der Waals surface area contributed by atoms with Crippen molar-refractivity contribution in [2.24, 2.45) is 0 Å². The maximum atomic E-state index is 10.5. The van der Waals surface area contributed by atoms with Crippen molar-refractivity contribution in [1.82, 2.24) is 10.2 Å². The smallest absolute Gasteiger partial charge is 0.211 e. The number of amides is 1. The Labute approximate surface area is 102 Å². The number of carbonyl (C=O) groups excluding carboxylic acids is 1. The molecular formula is C13H19N3O. The summed E-state index contributed by atoms with van der Waals surface area (Å²) in [6.07, 6.45) is 0.733. The first-order valence-corrected chi connectivity index (χ1v) is 6.02. The normalized spacial score (nSPS) is 16.8. The highest BCUT2D eigenvalue weighted by molar-refractivity contribution is 5.73. The molecule has 0 aliphatic carbocycles. The van der Waals surface area contributed by atoms with Gasteiger partial charge in [0.25, 0.3) is 0 Å². The first-order chi connectivity index (χ1) is 8.29. The van der Waals surface area contributed by atoms with Crippen LogP contribution < -0.4 is 10.6 Å². The highest BCUT2D eigenvalue weighted by atomic mass is 16.1. The van der Waals surface area contributed by atoms with Gasteiger partial charge in [-0.2, -0.15) is 0 Å². The van der Waals surface area contributed by atoms with Crippen LogP contribution in [0.5, 0.6) is 0 Å². The van der Waals surface area contributed by atoms with E-state index in [4.69, 9.17) is 0 Å². The topological polar surface area (TPSA) is 44.4 Å². The highest BCUT2D eigenvalue weighted by Crippen LogP contribution is 2.17. The zero-order chi connectivity index (χ0) is 12.1. The first kappa shape index (κ1) is 12.1. The quantitative estimate of drug-likeness (QED) is 0.762. The molecule has 0 unspecified atom stereocenters. The van der Waals surface area contributed by atoms with Crippen LogP contribution in [0.15, 0.2) is 18.2 Å². The van der Waals surface area contributed by atoms with E-state index in [1.807, 2.05) is 6.92 Å². The average Bonchev–Trinajstić information content (AvgIpc) is 2.35. The number of rotatable bonds is 4. The van der Waals surface area contributed by atoms with Crippen molar-refractivity contribution in [2.45, 2.75) is 13.5 Å². The van der Waals surface area contributed by atoms with Crippen LogP contribution in [0, 0.1) is 6.92 Å². The Balaban J connectivity index is 2.04. The molecule has 1 aromatic rings. The molecule has 1 amide bonds. The van der Waals surface area contributed by atoms with Crippen LogP contribution in [0.25, 0.3) is 0 Å². The summed E-state index contributed by atoms with van der Waals surface area (Å²) in [6, 6.07) is 6.25. The van der Waals surface area contributed by atoms with Gasteiger partial charge in [0.1, 0.15) is 0 Å². The van der Waals surface area contributed by atoms with E-state index in [0.717, 1.165) is 50.4 Å². The number of anilines is 1. The Hall–Kier alpha value is -1.39. The average molecular weight is 233 g/mol. The lowest BCUT2D eigenvalue weighted by Crippen LogP contribution is -2.42. The summed E-state index contributed by atoms with van der Waals surface area (Å²) in [7, 11) is 0. The Morgan fingerprint density at radius 2 is 2.18 bits per heavy atom. The number of aryl methyl sites for hydroxylation is 1. The Morgan fingerprint density at radius 1 is 1.41 bits per heavy atom. The van der Waals surface area contributed by atoms with E-state index >= 15 is 0 Å². The van der Waals surface area contributed by atoms with Crippen LogP contribution in [0.3, 0.4) is 0 Å². The fraction of sp³-hybridized carbons (Fsp3) is 0.462. The van der Waals surface area contributed by atoms with E-state index in [1.54, 1.807) is 0 Å². The van der Waals surface area contributed by atoms with Gasteiger partial charge in [-0.05, 0) is 24.1 Å². The van der Waals surface area contributed by atoms with Crippen molar-refractivity contribution in [3.8, 4) is 0 Å². The molecule has 1 aliphatic rings. The molecule has 0 radical (unpaired) electrons. The molecule has 2 N–H and O–H groups in total. The molecule has 1 aliphatic heterocycles. The van der Waals surface area contributed by atoms with Gasteiger partial charge < -0.3 is 10.6 Å². The molecule has 1 aromatic carbocycles. The molecule has 92 valence electrons. The summed E-state index contributed by atoms with van der Waals surface area (Å²) >= 11 is 0. The standard InChI is InChI=1S/C13H19N3O/c1-11-2-3-12(8-13(11)15-10-17)9-16-6-4-14-5-7-16/h2-3,8,10,14H,4-7,9H2,1H3,(H,15,17). The molecule has 1 heterocycles. The van der Waals surface area contributed by atoms with Crippen molar-refractivity contribution in [2.75, 3.05) is 31.5 Å². The summed E-state index contributed by atoms with van der Waals surface area (Å²) in [5, 5.41) is 6.08. The summed E-state index contributed by atoms with van der Waals surface area (Å²) in [5.41, 5.74) is 3.26. The van der Waals surface area contributed by atoms with Crippen molar-refractivity contribution in [3.05, 3.63) is 29.3 Å². The van der Waals surface area contributed by atoms with E-state index in [0.29, 0.717) is 0 Å². The van der Waals surface area contributed by atoms with Crippen LogP contribution in [0.4, 0.5) is 5.69 Å². The molecule has 0 saturated carbocycles. The van der Waals surface area contributed by atoms with E-state index in [1.165, 1.54) is 5.56 Å². The number of carbonyl (C=O) groups is 1. The van der Waals surface area contributed by atoms with Gasteiger partial charge in [-0.25, -0.2) is 0 Å². The molecular weight excluding hydrogens is 214 g/mol. The molecule has 0 bridgehead atoms. The summed E-state index contributed by atoms with van der Waals surface area (Å²) in [5.74, 6) is 0. The van der Waals surface area contributed by atoms with E-state index in [9.17, 15) is 4.79 Å². The van der Waals surface area contributed by atoms with Crippen molar-refractivity contribution in [3.63, 3.8) is 0 Å². The summed E-state index contributed by atoms with van der Waals surface area (Å²) in [6.45, 7) is 7.25. The van der Waals surface area contributed by atoms with Gasteiger partial charge >= 0.3 is 0 Å². The maximum Gasteiger partial charge on any atom is 0.211 e. The first-order valence-electron chi connectivity index (χ1n) is 6.02. The van der Waals surface area contributed by atoms with E-state index < -0.39 is 0 Å². The van der Waals surface area contributed by atoms with Crippen molar-refractivity contribution in [1.29, 1.82) is 0 Å².